The Morgan fingerprint density at radius 3 is 1.77 bits per heavy atom. The van der Waals surface area contributed by atoms with Crippen molar-refractivity contribution in [3.63, 3.8) is 0 Å². The number of ether oxygens (including phenoxy) is 6. The normalized spacial score (nSPS) is 51.9. The van der Waals surface area contributed by atoms with Crippen LogP contribution in [-0.2, 0) is 28.4 Å². The minimum absolute atomic E-state index is 0.164. The highest BCUT2D eigenvalue weighted by molar-refractivity contribution is 5.18. The summed E-state index contributed by atoms with van der Waals surface area (Å²) in [4.78, 5) is 0. The molecule has 3 heterocycles. The molecule has 7 rings (SSSR count). The van der Waals surface area contributed by atoms with Gasteiger partial charge in [-0.15, -0.1) is 0 Å². The molecular formula is C47H80O18. The summed E-state index contributed by atoms with van der Waals surface area (Å²) in [6.07, 6.45) is -14.7. The zero-order valence-corrected chi connectivity index (χ0v) is 39.1. The molecule has 0 radical (unpaired) electrons. The summed E-state index contributed by atoms with van der Waals surface area (Å²) in [6.45, 7) is 13.4. The standard InChI is InChI=1S/C47H80O18/c1-21(2)9-8-14-47(7,65-43-40(59)37(56)34(53)29(63-43)20-60-41-38(57)35(54)32(51)27(18-48)61-41)24-13-16-46(6)31(24)26(50)17-25-22-10-11-30(44(3,4)23(22)12-15-45(25,46)5)64-42-39(58)36(55)33(52)28(19-49)62-42/h9,22-43,48-59H,8,10-20H2,1-7H3/t22-,23-,24-,25+,26+,27+,28+,29+,30+,31-,32+,33+,34+,35-,36-,37-,38+,39+,40+,41+,42-,43-,45+,46+,47+/m1/s1. The maximum absolute atomic E-state index is 12.6. The first-order chi connectivity index (χ1) is 30.4. The highest BCUT2D eigenvalue weighted by atomic mass is 16.7. The maximum Gasteiger partial charge on any atom is 0.187 e. The van der Waals surface area contributed by atoms with Crippen molar-refractivity contribution in [2.75, 3.05) is 19.8 Å². The van der Waals surface area contributed by atoms with Crippen LogP contribution in [0.5, 0.6) is 0 Å². The summed E-state index contributed by atoms with van der Waals surface area (Å²) >= 11 is 0. The zero-order valence-electron chi connectivity index (χ0n) is 39.1. The van der Waals surface area contributed by atoms with E-state index in [1.807, 2.05) is 20.8 Å². The first-order valence-corrected chi connectivity index (χ1v) is 24.0. The molecule has 0 aromatic rings. The van der Waals surface area contributed by atoms with Gasteiger partial charge >= 0.3 is 0 Å². The molecule has 0 aromatic heterocycles. The van der Waals surface area contributed by atoms with Crippen molar-refractivity contribution < 1.29 is 89.7 Å². The monoisotopic (exact) mass is 933 g/mol. The lowest BCUT2D eigenvalue weighted by molar-refractivity contribution is -0.349. The SMILES string of the molecule is CC(C)=CCC[C@](C)(O[C@H]1O[C@@H](CO[C@H]2O[C@@H](CO)[C@H](O)[C@@H](O)[C@@H]2O)[C@H](O)[C@@H](O)[C@@H]1O)[C@@H]1CC[C@@]2(C)[C@H]1[C@@H](O)C[C@H]1[C@@H]3CC[C@H](O[C@H]4O[C@@H](CO)[C@H](O)[C@@H](O)[C@@H]4O)C(C)(C)[C@@H]3CC[C@@]12C. The van der Waals surface area contributed by atoms with Gasteiger partial charge in [0.1, 0.15) is 73.2 Å². The van der Waals surface area contributed by atoms with Gasteiger partial charge in [0, 0.05) is 0 Å². The molecule has 376 valence electrons. The van der Waals surface area contributed by atoms with Crippen molar-refractivity contribution in [2.24, 2.45) is 45.8 Å². The molecule has 0 aromatic carbocycles. The summed E-state index contributed by atoms with van der Waals surface area (Å²) in [5, 5.41) is 128. The largest absolute Gasteiger partial charge is 0.394 e. The van der Waals surface area contributed by atoms with Crippen LogP contribution < -0.4 is 0 Å². The van der Waals surface area contributed by atoms with E-state index < -0.39 is 124 Å². The third-order valence-corrected chi connectivity index (χ3v) is 18.2. The molecule has 7 fully saturated rings. The van der Waals surface area contributed by atoms with Gasteiger partial charge in [-0.2, -0.15) is 0 Å². The van der Waals surface area contributed by atoms with Gasteiger partial charge in [-0.3, -0.25) is 0 Å². The number of fused-ring (bicyclic) bond motifs is 5. The fourth-order valence-corrected chi connectivity index (χ4v) is 14.1. The zero-order chi connectivity index (χ0) is 47.7. The Morgan fingerprint density at radius 2 is 1.17 bits per heavy atom. The van der Waals surface area contributed by atoms with Crippen molar-refractivity contribution in [3.05, 3.63) is 11.6 Å². The van der Waals surface area contributed by atoms with Gasteiger partial charge in [0.2, 0.25) is 0 Å². The number of aliphatic hydroxyl groups excluding tert-OH is 12. The number of hydrogen-bond donors (Lipinski definition) is 12. The molecular weight excluding hydrogens is 852 g/mol. The second-order valence-electron chi connectivity index (χ2n) is 22.2. The molecule has 18 nitrogen and oxygen atoms in total. The van der Waals surface area contributed by atoms with E-state index in [0.29, 0.717) is 25.7 Å². The molecule has 0 bridgehead atoms. The highest BCUT2D eigenvalue weighted by Crippen LogP contribution is 2.73. The summed E-state index contributed by atoms with van der Waals surface area (Å²) in [7, 11) is 0. The van der Waals surface area contributed by atoms with E-state index in [1.165, 1.54) is 0 Å². The first kappa shape index (κ1) is 51.9. The molecule has 0 amide bonds. The van der Waals surface area contributed by atoms with Gasteiger partial charge in [0.25, 0.3) is 0 Å². The Bertz CT molecular complexity index is 1630. The van der Waals surface area contributed by atoms with Crippen LogP contribution >= 0.6 is 0 Å². The number of hydrogen-bond acceptors (Lipinski definition) is 18. The fraction of sp³-hybridized carbons (Fsp3) is 0.957. The van der Waals surface area contributed by atoms with E-state index >= 15 is 0 Å². The Labute approximate surface area is 382 Å². The molecule has 7 aliphatic rings. The molecule has 0 spiro atoms. The van der Waals surface area contributed by atoms with Crippen LogP contribution in [0.15, 0.2) is 11.6 Å². The molecule has 0 unspecified atom stereocenters. The predicted molar refractivity (Wildman–Crippen MR) is 229 cm³/mol. The van der Waals surface area contributed by atoms with Crippen LogP contribution in [0, 0.1) is 45.8 Å². The minimum atomic E-state index is -1.72. The minimum Gasteiger partial charge on any atom is -0.394 e. The topological polar surface area (TPSA) is 298 Å². The van der Waals surface area contributed by atoms with Gasteiger partial charge in [-0.25, -0.2) is 0 Å². The van der Waals surface area contributed by atoms with Gasteiger partial charge in [0.05, 0.1) is 37.6 Å². The first-order valence-electron chi connectivity index (χ1n) is 24.0. The van der Waals surface area contributed by atoms with Crippen molar-refractivity contribution >= 4 is 0 Å². The average Bonchev–Trinajstić information content (AvgIpc) is 3.65. The molecule has 4 aliphatic carbocycles. The number of aliphatic hydroxyl groups is 12. The van der Waals surface area contributed by atoms with Crippen LogP contribution in [0.25, 0.3) is 0 Å². The van der Waals surface area contributed by atoms with Crippen molar-refractivity contribution in [2.45, 2.75) is 216 Å². The van der Waals surface area contributed by atoms with Gasteiger partial charge in [-0.1, -0.05) is 39.3 Å². The van der Waals surface area contributed by atoms with E-state index in [4.69, 9.17) is 28.4 Å². The van der Waals surface area contributed by atoms with Crippen molar-refractivity contribution in [1.29, 1.82) is 0 Å². The van der Waals surface area contributed by atoms with E-state index in [0.717, 1.165) is 37.7 Å². The third-order valence-electron chi connectivity index (χ3n) is 18.2. The summed E-state index contributed by atoms with van der Waals surface area (Å²) in [6, 6.07) is 0. The molecule has 25 atom stereocenters. The molecule has 18 heteroatoms. The Hall–Kier alpha value is -0.980. The third kappa shape index (κ3) is 9.16. The predicted octanol–water partition coefficient (Wildman–Crippen LogP) is -0.417. The Balaban J connectivity index is 1.09. The van der Waals surface area contributed by atoms with Gasteiger partial charge in [-0.05, 0) is 124 Å². The fourth-order valence-electron chi connectivity index (χ4n) is 14.1. The van der Waals surface area contributed by atoms with E-state index in [9.17, 15) is 61.3 Å². The van der Waals surface area contributed by atoms with Gasteiger partial charge < -0.3 is 89.7 Å². The molecule has 4 saturated carbocycles. The van der Waals surface area contributed by atoms with Crippen LogP contribution in [0.1, 0.15) is 106 Å². The quantitative estimate of drug-likeness (QED) is 0.0825. The van der Waals surface area contributed by atoms with Crippen molar-refractivity contribution in [1.82, 2.24) is 0 Å². The average molecular weight is 933 g/mol. The summed E-state index contributed by atoms with van der Waals surface area (Å²) in [5.74, 6) is 0.275. The maximum atomic E-state index is 12.6. The number of allylic oxidation sites excluding steroid dienone is 2. The van der Waals surface area contributed by atoms with Crippen LogP contribution in [-0.4, -0.2) is 191 Å². The lowest BCUT2D eigenvalue weighted by Gasteiger charge is -2.67. The van der Waals surface area contributed by atoms with Crippen LogP contribution in [0.2, 0.25) is 0 Å². The molecule has 3 saturated heterocycles. The van der Waals surface area contributed by atoms with E-state index in [2.05, 4.69) is 33.8 Å². The van der Waals surface area contributed by atoms with Crippen LogP contribution in [0.4, 0.5) is 0 Å². The van der Waals surface area contributed by atoms with Gasteiger partial charge in [0.15, 0.2) is 18.9 Å². The summed E-state index contributed by atoms with van der Waals surface area (Å²) in [5.41, 5.74) is -0.750. The van der Waals surface area contributed by atoms with E-state index in [-0.39, 0.29) is 51.9 Å². The van der Waals surface area contributed by atoms with Crippen LogP contribution in [0.3, 0.4) is 0 Å². The summed E-state index contributed by atoms with van der Waals surface area (Å²) < 4.78 is 36.5. The smallest absolute Gasteiger partial charge is 0.187 e. The number of rotatable bonds is 13. The second kappa shape index (κ2) is 19.7. The molecule has 65 heavy (non-hydrogen) atoms. The van der Waals surface area contributed by atoms with Crippen molar-refractivity contribution in [3.8, 4) is 0 Å². The van der Waals surface area contributed by atoms with E-state index in [1.54, 1.807) is 0 Å². The second-order valence-corrected chi connectivity index (χ2v) is 22.2. The molecule has 3 aliphatic heterocycles. The Morgan fingerprint density at radius 1 is 0.631 bits per heavy atom. The lowest BCUT2D eigenvalue weighted by Crippen LogP contribution is -2.65. The Kier molecular flexibility index (Phi) is 15.7. The molecule has 12 N–H and O–H groups in total. The lowest BCUT2D eigenvalue weighted by atomic mass is 9.39. The highest BCUT2D eigenvalue weighted by Gasteiger charge is 2.69.